The molecule has 1 fully saturated rings. The number of methoxy groups -OCH3 is 1. The topological polar surface area (TPSA) is 67.4 Å². The molecule has 0 spiro atoms. The Kier molecular flexibility index (Phi) is 8.48. The van der Waals surface area contributed by atoms with Crippen molar-refractivity contribution in [1.29, 1.82) is 0 Å². The van der Waals surface area contributed by atoms with Gasteiger partial charge in [-0.2, -0.15) is 0 Å². The van der Waals surface area contributed by atoms with Crippen LogP contribution < -0.4 is 10.6 Å². The molecule has 1 heterocycles. The van der Waals surface area contributed by atoms with Crippen molar-refractivity contribution in [3.05, 3.63) is 65.2 Å². The van der Waals surface area contributed by atoms with Gasteiger partial charge < -0.3 is 15.4 Å². The second-order valence-electron chi connectivity index (χ2n) is 6.87. The van der Waals surface area contributed by atoms with Crippen molar-refractivity contribution in [1.82, 2.24) is 5.32 Å². The quantitative estimate of drug-likeness (QED) is 0.718. The molecule has 1 saturated heterocycles. The Morgan fingerprint density at radius 2 is 1.68 bits per heavy atom. The number of rotatable bonds is 6. The van der Waals surface area contributed by atoms with E-state index in [0.29, 0.717) is 24.3 Å². The van der Waals surface area contributed by atoms with Crippen molar-refractivity contribution < 1.29 is 14.3 Å². The van der Waals surface area contributed by atoms with Crippen LogP contribution in [0.1, 0.15) is 46.7 Å². The second-order valence-corrected chi connectivity index (χ2v) is 6.87. The van der Waals surface area contributed by atoms with E-state index in [1.807, 2.05) is 36.4 Å². The van der Waals surface area contributed by atoms with E-state index in [9.17, 15) is 9.59 Å². The highest BCUT2D eigenvalue weighted by molar-refractivity contribution is 6.04. The van der Waals surface area contributed by atoms with Crippen LogP contribution in [0, 0.1) is 0 Å². The molecule has 3 rings (SSSR count). The lowest BCUT2D eigenvalue weighted by Gasteiger charge is -2.23. The molecule has 28 heavy (non-hydrogen) atoms. The molecule has 1 amide bonds. The summed E-state index contributed by atoms with van der Waals surface area (Å²) in [5.74, 6) is 0.246. The Labute approximate surface area is 172 Å². The molecule has 0 bridgehead atoms. The van der Waals surface area contributed by atoms with Crippen LogP contribution in [-0.4, -0.2) is 32.1 Å². The molecule has 0 radical (unpaired) electrons. The number of hydrogen-bond acceptors (Lipinski definition) is 4. The van der Waals surface area contributed by atoms with Gasteiger partial charge in [-0.1, -0.05) is 24.3 Å². The summed E-state index contributed by atoms with van der Waals surface area (Å²) in [6.45, 7) is 2.12. The minimum absolute atomic E-state index is 0. The number of benzene rings is 2. The highest BCUT2D eigenvalue weighted by atomic mass is 35.5. The van der Waals surface area contributed by atoms with Crippen LogP contribution in [0.25, 0.3) is 0 Å². The third kappa shape index (κ3) is 6.08. The molecular formula is C22H27ClN2O3. The summed E-state index contributed by atoms with van der Waals surface area (Å²) in [5.41, 5.74) is 3.74. The van der Waals surface area contributed by atoms with Gasteiger partial charge in [0.1, 0.15) is 0 Å². The van der Waals surface area contributed by atoms with Crippen LogP contribution >= 0.6 is 12.4 Å². The van der Waals surface area contributed by atoms with E-state index in [4.69, 9.17) is 0 Å². The number of hydrogen-bond donors (Lipinski definition) is 2. The largest absolute Gasteiger partial charge is 0.469 e. The number of amides is 1. The van der Waals surface area contributed by atoms with Crippen LogP contribution in [-0.2, 0) is 16.0 Å². The number of anilines is 1. The number of aryl methyl sites for hydroxylation is 1. The molecule has 0 aromatic heterocycles. The van der Waals surface area contributed by atoms with Gasteiger partial charge in [-0.15, -0.1) is 12.4 Å². The number of carbonyl (C=O) groups excluding carboxylic acids is 2. The van der Waals surface area contributed by atoms with Crippen molar-refractivity contribution in [2.45, 2.75) is 31.6 Å². The molecule has 5 nitrogen and oxygen atoms in total. The SMILES string of the molecule is COC(=O)CCc1ccc(NC(=O)c2ccc(C3CCNCC3)cc2)cc1.Cl. The van der Waals surface area contributed by atoms with Crippen LogP contribution in [0.3, 0.4) is 0 Å². The van der Waals surface area contributed by atoms with Gasteiger partial charge in [0.05, 0.1) is 7.11 Å². The number of ether oxygens (including phenoxy) is 1. The maximum atomic E-state index is 12.5. The first kappa shape index (κ1) is 21.9. The summed E-state index contributed by atoms with van der Waals surface area (Å²) >= 11 is 0. The molecule has 1 aliphatic rings. The van der Waals surface area contributed by atoms with Crippen LogP contribution in [0.15, 0.2) is 48.5 Å². The number of nitrogens with one attached hydrogen (secondary N) is 2. The van der Waals surface area contributed by atoms with Gasteiger partial charge in [0.2, 0.25) is 0 Å². The van der Waals surface area contributed by atoms with Gasteiger partial charge in [-0.25, -0.2) is 0 Å². The first-order valence-electron chi connectivity index (χ1n) is 9.43. The molecule has 2 aromatic carbocycles. The van der Waals surface area contributed by atoms with Gasteiger partial charge in [0.25, 0.3) is 5.91 Å². The zero-order chi connectivity index (χ0) is 19.1. The normalized spacial score (nSPS) is 14.0. The zero-order valence-corrected chi connectivity index (χ0v) is 16.9. The summed E-state index contributed by atoms with van der Waals surface area (Å²) in [5, 5.41) is 6.29. The average molecular weight is 403 g/mol. The molecule has 150 valence electrons. The van der Waals surface area contributed by atoms with Gasteiger partial charge in [-0.05, 0) is 73.7 Å². The van der Waals surface area contributed by atoms with E-state index in [1.54, 1.807) is 0 Å². The predicted octanol–water partition coefficient (Wildman–Crippen LogP) is 3.93. The molecule has 0 unspecified atom stereocenters. The van der Waals surface area contributed by atoms with E-state index in [2.05, 4.69) is 27.5 Å². The van der Waals surface area contributed by atoms with E-state index >= 15 is 0 Å². The van der Waals surface area contributed by atoms with E-state index in [1.165, 1.54) is 12.7 Å². The third-order valence-electron chi connectivity index (χ3n) is 5.04. The monoisotopic (exact) mass is 402 g/mol. The molecular weight excluding hydrogens is 376 g/mol. The molecule has 6 heteroatoms. The van der Waals surface area contributed by atoms with Crippen LogP contribution in [0.2, 0.25) is 0 Å². The van der Waals surface area contributed by atoms with Gasteiger partial charge >= 0.3 is 5.97 Å². The van der Waals surface area contributed by atoms with Gasteiger partial charge in [0, 0.05) is 17.7 Å². The van der Waals surface area contributed by atoms with Crippen molar-refractivity contribution in [3.8, 4) is 0 Å². The number of esters is 1. The fourth-order valence-electron chi connectivity index (χ4n) is 3.37. The van der Waals surface area contributed by atoms with Crippen LogP contribution in [0.4, 0.5) is 5.69 Å². The van der Waals surface area contributed by atoms with Crippen molar-refractivity contribution in [2.24, 2.45) is 0 Å². The molecule has 0 atom stereocenters. The lowest BCUT2D eigenvalue weighted by molar-refractivity contribution is -0.140. The second kappa shape index (κ2) is 10.8. The van der Waals surface area contributed by atoms with Crippen LogP contribution in [0.5, 0.6) is 0 Å². The minimum atomic E-state index is -0.222. The zero-order valence-electron chi connectivity index (χ0n) is 16.1. The molecule has 2 N–H and O–H groups in total. The smallest absolute Gasteiger partial charge is 0.305 e. The fraction of sp³-hybridized carbons (Fsp3) is 0.364. The lowest BCUT2D eigenvalue weighted by Crippen LogP contribution is -2.26. The van der Waals surface area contributed by atoms with Crippen molar-refractivity contribution in [3.63, 3.8) is 0 Å². The van der Waals surface area contributed by atoms with Gasteiger partial charge in [-0.3, -0.25) is 9.59 Å². The first-order chi connectivity index (χ1) is 13.2. The third-order valence-corrected chi connectivity index (χ3v) is 5.04. The fourth-order valence-corrected chi connectivity index (χ4v) is 3.37. The van der Waals surface area contributed by atoms with Crippen molar-refractivity contribution in [2.75, 3.05) is 25.5 Å². The summed E-state index contributed by atoms with van der Waals surface area (Å²) in [6.07, 6.45) is 3.27. The summed E-state index contributed by atoms with van der Waals surface area (Å²) in [7, 11) is 1.39. The molecule has 1 aliphatic heterocycles. The Morgan fingerprint density at radius 3 is 2.29 bits per heavy atom. The standard InChI is InChI=1S/C22H26N2O3.ClH/c1-27-21(25)11-4-16-2-9-20(10-3-16)24-22(26)19-7-5-17(6-8-19)18-12-14-23-15-13-18;/h2-3,5-10,18,23H,4,11-15H2,1H3,(H,24,26);1H. The first-order valence-corrected chi connectivity index (χ1v) is 9.43. The molecule has 2 aromatic rings. The Hall–Kier alpha value is -2.37. The molecule has 0 saturated carbocycles. The van der Waals surface area contributed by atoms with E-state index < -0.39 is 0 Å². The summed E-state index contributed by atoms with van der Waals surface area (Å²) in [6, 6.07) is 15.5. The Balaban J connectivity index is 0.00000280. The molecule has 0 aliphatic carbocycles. The number of piperidine rings is 1. The van der Waals surface area contributed by atoms with Gasteiger partial charge in [0.15, 0.2) is 0 Å². The minimum Gasteiger partial charge on any atom is -0.469 e. The maximum Gasteiger partial charge on any atom is 0.305 e. The number of carbonyl (C=O) groups is 2. The number of halogens is 1. The Morgan fingerprint density at radius 1 is 1.04 bits per heavy atom. The van der Waals surface area contributed by atoms with E-state index in [0.717, 1.165) is 37.2 Å². The maximum absolute atomic E-state index is 12.5. The Bertz CT molecular complexity index is 769. The summed E-state index contributed by atoms with van der Waals surface area (Å²) < 4.78 is 4.65. The predicted molar refractivity (Wildman–Crippen MR) is 113 cm³/mol. The van der Waals surface area contributed by atoms with Crippen molar-refractivity contribution >= 4 is 30.0 Å². The highest BCUT2D eigenvalue weighted by Gasteiger charge is 2.15. The summed E-state index contributed by atoms with van der Waals surface area (Å²) in [4.78, 5) is 23.7. The highest BCUT2D eigenvalue weighted by Crippen LogP contribution is 2.25. The lowest BCUT2D eigenvalue weighted by atomic mass is 9.90. The average Bonchev–Trinajstić information content (AvgIpc) is 2.73. The van der Waals surface area contributed by atoms with E-state index in [-0.39, 0.29) is 24.3 Å².